The van der Waals surface area contributed by atoms with Crippen molar-refractivity contribution in [2.75, 3.05) is 0 Å². The summed E-state index contributed by atoms with van der Waals surface area (Å²) in [6.45, 7) is 4.00. The van der Waals surface area contributed by atoms with E-state index in [9.17, 15) is 0 Å². The quantitative estimate of drug-likeness (QED) is 0.439. The van der Waals surface area contributed by atoms with Crippen LogP contribution >= 0.6 is 9.69 Å². The van der Waals surface area contributed by atoms with E-state index in [4.69, 9.17) is 9.69 Å². The van der Waals surface area contributed by atoms with Gasteiger partial charge in [-0.2, -0.15) is 0 Å². The van der Waals surface area contributed by atoms with Crippen LogP contribution in [0, 0.1) is 0 Å². The first-order chi connectivity index (χ1) is 2.00. The molecule has 0 aliphatic carbocycles. The zero-order valence-electron chi connectivity index (χ0n) is 3.09. The van der Waals surface area contributed by atoms with Gasteiger partial charge in [0, 0.05) is 0 Å². The van der Waals surface area contributed by atoms with Crippen molar-refractivity contribution in [1.29, 1.82) is 0 Å². The van der Waals surface area contributed by atoms with Crippen LogP contribution in [0.1, 0.15) is 13.8 Å². The molecule has 0 aliphatic rings. The van der Waals surface area contributed by atoms with E-state index >= 15 is 0 Å². The molecule has 0 amide bonds. The van der Waals surface area contributed by atoms with E-state index in [0.717, 1.165) is 17.3 Å². The fourth-order valence-electron chi connectivity index (χ4n) is 0. The van der Waals surface area contributed by atoms with Crippen LogP contribution in [0.25, 0.3) is 0 Å². The molecule has 0 fully saturated rings. The molecule has 0 rings (SSSR count). The van der Waals surface area contributed by atoms with Crippen molar-refractivity contribution in [3.63, 3.8) is 0 Å². The van der Waals surface area contributed by atoms with E-state index in [0.29, 0.717) is 0 Å². The SMILES string of the molecule is CC.[Cl][Zn]. The molecule has 0 N–H and O–H groups in total. The van der Waals surface area contributed by atoms with Crippen LogP contribution in [0.4, 0.5) is 0 Å². The van der Waals surface area contributed by atoms with Crippen molar-refractivity contribution in [1.82, 2.24) is 0 Å². The number of halogens is 1. The fraction of sp³-hybridized carbons (Fsp3) is 1.00. The van der Waals surface area contributed by atoms with Gasteiger partial charge in [-0.1, -0.05) is 13.8 Å². The Morgan fingerprint density at radius 2 is 1.25 bits per heavy atom. The summed E-state index contributed by atoms with van der Waals surface area (Å²) < 4.78 is 0. The second-order valence-electron chi connectivity index (χ2n) is 0. The van der Waals surface area contributed by atoms with Crippen LogP contribution in [-0.2, 0) is 17.3 Å². The van der Waals surface area contributed by atoms with Crippen molar-refractivity contribution < 1.29 is 17.3 Å². The van der Waals surface area contributed by atoms with Gasteiger partial charge in [-0.15, -0.1) is 0 Å². The fourth-order valence-corrected chi connectivity index (χ4v) is 0. The van der Waals surface area contributed by atoms with Gasteiger partial charge < -0.3 is 0 Å². The Balaban J connectivity index is 0. The van der Waals surface area contributed by atoms with E-state index in [1.807, 2.05) is 13.8 Å². The Morgan fingerprint density at radius 1 is 1.25 bits per heavy atom. The summed E-state index contributed by atoms with van der Waals surface area (Å²) in [5.41, 5.74) is 0. The van der Waals surface area contributed by atoms with E-state index in [1.165, 1.54) is 0 Å². The maximum absolute atomic E-state index is 4.76. The normalized spacial score (nSPS) is 3.25. The summed E-state index contributed by atoms with van der Waals surface area (Å²) in [5.74, 6) is 0. The minimum absolute atomic E-state index is 0.847. The molecular formula is C2H6ClZn. The molecule has 0 saturated heterocycles. The molecule has 23 valence electrons. The van der Waals surface area contributed by atoms with Crippen LogP contribution in [-0.4, -0.2) is 0 Å². The summed E-state index contributed by atoms with van der Waals surface area (Å²) in [4.78, 5) is 0. The summed E-state index contributed by atoms with van der Waals surface area (Å²) in [7, 11) is 4.76. The van der Waals surface area contributed by atoms with Crippen LogP contribution < -0.4 is 0 Å². The topological polar surface area (TPSA) is 0 Å². The molecule has 4 heavy (non-hydrogen) atoms. The molecule has 0 aliphatic heterocycles. The van der Waals surface area contributed by atoms with Gasteiger partial charge >= 0.3 is 27.0 Å². The molecule has 0 saturated carbocycles. The van der Waals surface area contributed by atoms with E-state index in [-0.39, 0.29) is 0 Å². The third-order valence-corrected chi connectivity index (χ3v) is 0. The molecular weight excluding hydrogens is 125 g/mol. The maximum atomic E-state index is 4.76. The Kier molecular flexibility index (Phi) is 88.2. The Bertz CT molecular complexity index is 6.00. The average molecular weight is 131 g/mol. The minimum atomic E-state index is 0.847. The van der Waals surface area contributed by atoms with Gasteiger partial charge in [-0.05, 0) is 0 Å². The van der Waals surface area contributed by atoms with Gasteiger partial charge in [0.25, 0.3) is 0 Å². The second kappa shape index (κ2) is 39.8. The predicted octanol–water partition coefficient (Wildman–Crippen LogP) is 1.71. The molecule has 0 aromatic carbocycles. The van der Waals surface area contributed by atoms with Crippen molar-refractivity contribution in [3.05, 3.63) is 0 Å². The predicted molar refractivity (Wildman–Crippen MR) is 17.2 cm³/mol. The number of hydrogen-bond donors (Lipinski definition) is 0. The van der Waals surface area contributed by atoms with Gasteiger partial charge in [0.1, 0.15) is 0 Å². The number of rotatable bonds is 0. The summed E-state index contributed by atoms with van der Waals surface area (Å²) in [5, 5.41) is 0. The molecule has 2 heteroatoms. The van der Waals surface area contributed by atoms with Crippen LogP contribution in [0.2, 0.25) is 0 Å². The molecule has 0 atom stereocenters. The molecule has 0 spiro atoms. The zero-order chi connectivity index (χ0) is 4.00. The molecule has 0 heterocycles. The van der Waals surface area contributed by atoms with Gasteiger partial charge in [0.2, 0.25) is 0 Å². The van der Waals surface area contributed by atoms with Crippen molar-refractivity contribution in [3.8, 4) is 0 Å². The van der Waals surface area contributed by atoms with Gasteiger partial charge in [0.05, 0.1) is 0 Å². The first-order valence-corrected chi connectivity index (χ1v) is 5.17. The Labute approximate surface area is 41.3 Å². The first-order valence-electron chi connectivity index (χ1n) is 1.27. The molecule has 0 unspecified atom stereocenters. The van der Waals surface area contributed by atoms with E-state index < -0.39 is 0 Å². The van der Waals surface area contributed by atoms with Crippen LogP contribution in [0.5, 0.6) is 0 Å². The Morgan fingerprint density at radius 3 is 1.25 bits per heavy atom. The van der Waals surface area contributed by atoms with Crippen LogP contribution in [0.3, 0.4) is 0 Å². The third-order valence-electron chi connectivity index (χ3n) is 0. The van der Waals surface area contributed by atoms with Crippen molar-refractivity contribution >= 4 is 9.69 Å². The average Bonchev–Trinajstić information content (AvgIpc) is 1.50. The third kappa shape index (κ3) is 12.8. The molecule has 0 aromatic heterocycles. The summed E-state index contributed by atoms with van der Waals surface area (Å²) in [6.07, 6.45) is 0. The van der Waals surface area contributed by atoms with Crippen molar-refractivity contribution in [2.45, 2.75) is 13.8 Å². The van der Waals surface area contributed by atoms with Crippen LogP contribution in [0.15, 0.2) is 0 Å². The summed E-state index contributed by atoms with van der Waals surface area (Å²) >= 11 is 0.847. The summed E-state index contributed by atoms with van der Waals surface area (Å²) in [6, 6.07) is 0. The molecule has 0 aromatic rings. The molecule has 0 bridgehead atoms. The monoisotopic (exact) mass is 129 g/mol. The van der Waals surface area contributed by atoms with Gasteiger partial charge in [-0.25, -0.2) is 0 Å². The molecule has 0 radical (unpaired) electrons. The first kappa shape index (κ1) is 8.87. The van der Waals surface area contributed by atoms with Gasteiger partial charge in [0.15, 0.2) is 0 Å². The number of hydrogen-bond acceptors (Lipinski definition) is 0. The zero-order valence-corrected chi connectivity index (χ0v) is 6.81. The molecule has 0 nitrogen and oxygen atoms in total. The van der Waals surface area contributed by atoms with Crippen molar-refractivity contribution in [2.24, 2.45) is 0 Å². The standard InChI is InChI=1S/C2H6.ClH.Zn/c1-2;;/h1-2H3;1H;/q;;+1/p-1. The Hall–Kier alpha value is 0.913. The van der Waals surface area contributed by atoms with E-state index in [2.05, 4.69) is 0 Å². The second-order valence-corrected chi connectivity index (χ2v) is 0. The van der Waals surface area contributed by atoms with E-state index in [1.54, 1.807) is 0 Å². The van der Waals surface area contributed by atoms with Gasteiger partial charge in [-0.3, -0.25) is 0 Å².